The largest absolute Gasteiger partial charge is 0.372 e. The van der Waals surface area contributed by atoms with Crippen LogP contribution in [0.15, 0.2) is 108 Å². The number of amidine groups is 1. The topological polar surface area (TPSA) is 154 Å². The second-order valence-electron chi connectivity index (χ2n) is 14.3. The zero-order chi connectivity index (χ0) is 38.0. The van der Waals surface area contributed by atoms with Crippen molar-refractivity contribution in [1.29, 1.82) is 0 Å². The lowest BCUT2D eigenvalue weighted by atomic mass is 9.90. The van der Waals surface area contributed by atoms with Crippen LogP contribution in [-0.2, 0) is 22.6 Å². The molecule has 1 aromatic heterocycles. The number of hydrogen-bond acceptors (Lipinski definition) is 8. The molecule has 5 atom stereocenters. The minimum Gasteiger partial charge on any atom is -0.372 e. The highest BCUT2D eigenvalue weighted by molar-refractivity contribution is 8.00. The van der Waals surface area contributed by atoms with Gasteiger partial charge in [-0.15, -0.1) is 0 Å². The SMILES string of the molecule is O=C(CCCCC1SCC2NC(=O)NC21)NC(Cc1ccc(C(=O)c2ccccc2)cc1)C(=O)NCc1cccc(C(CC2=NCCN2)c2ccccn2)c1. The Morgan fingerprint density at radius 3 is 2.45 bits per heavy atom. The molecule has 2 saturated heterocycles. The highest BCUT2D eigenvalue weighted by Crippen LogP contribution is 2.33. The molecule has 0 bridgehead atoms. The molecule has 5 unspecified atom stereocenters. The number of rotatable bonds is 17. The summed E-state index contributed by atoms with van der Waals surface area (Å²) in [6, 6.07) is 29.8. The third-order valence-electron chi connectivity index (χ3n) is 10.4. The van der Waals surface area contributed by atoms with Gasteiger partial charge in [0.2, 0.25) is 11.8 Å². The number of nitrogens with one attached hydrogen (secondary N) is 5. The monoisotopic (exact) mass is 757 g/mol. The number of amides is 4. The van der Waals surface area contributed by atoms with Gasteiger partial charge in [-0.25, -0.2) is 4.79 Å². The zero-order valence-electron chi connectivity index (χ0n) is 30.7. The third kappa shape index (κ3) is 9.99. The number of benzene rings is 3. The number of carbonyl (C=O) groups is 4. The van der Waals surface area contributed by atoms with Crippen LogP contribution >= 0.6 is 11.8 Å². The molecule has 2 fully saturated rings. The first-order chi connectivity index (χ1) is 26.9. The molecule has 3 aliphatic heterocycles. The summed E-state index contributed by atoms with van der Waals surface area (Å²) in [5.74, 6) is 1.31. The Labute approximate surface area is 326 Å². The summed E-state index contributed by atoms with van der Waals surface area (Å²) in [5.41, 5.74) is 4.95. The van der Waals surface area contributed by atoms with Gasteiger partial charge in [-0.05, 0) is 41.7 Å². The van der Waals surface area contributed by atoms with E-state index in [4.69, 9.17) is 0 Å². The molecular weight excluding hydrogens is 711 g/mol. The maximum absolute atomic E-state index is 13.9. The quantitative estimate of drug-likeness (QED) is 0.0584. The molecule has 4 heterocycles. The van der Waals surface area contributed by atoms with Crippen LogP contribution in [0.5, 0.6) is 0 Å². The molecule has 4 amide bonds. The zero-order valence-corrected chi connectivity index (χ0v) is 31.5. The summed E-state index contributed by atoms with van der Waals surface area (Å²) in [5, 5.41) is 15.8. The molecule has 3 aromatic carbocycles. The molecule has 5 N–H and O–H groups in total. The molecule has 4 aromatic rings. The van der Waals surface area contributed by atoms with Crippen molar-refractivity contribution < 1.29 is 19.2 Å². The maximum atomic E-state index is 13.9. The predicted molar refractivity (Wildman–Crippen MR) is 215 cm³/mol. The Morgan fingerprint density at radius 2 is 1.67 bits per heavy atom. The van der Waals surface area contributed by atoms with Gasteiger partial charge in [0.25, 0.3) is 0 Å². The minimum atomic E-state index is -0.815. The van der Waals surface area contributed by atoms with E-state index in [1.807, 2.05) is 72.4 Å². The summed E-state index contributed by atoms with van der Waals surface area (Å²) in [7, 11) is 0. The molecule has 0 aliphatic carbocycles. The summed E-state index contributed by atoms with van der Waals surface area (Å²) in [6.45, 7) is 1.89. The highest BCUT2D eigenvalue weighted by atomic mass is 32.2. The number of hydrogen-bond donors (Lipinski definition) is 5. The van der Waals surface area contributed by atoms with E-state index in [9.17, 15) is 19.2 Å². The van der Waals surface area contributed by atoms with E-state index in [2.05, 4.69) is 48.7 Å². The number of unbranched alkanes of at least 4 members (excludes halogenated alkanes) is 1. The van der Waals surface area contributed by atoms with Crippen LogP contribution in [0.4, 0.5) is 4.79 Å². The van der Waals surface area contributed by atoms with E-state index in [-0.39, 0.29) is 54.6 Å². The second kappa shape index (κ2) is 18.2. The van der Waals surface area contributed by atoms with E-state index >= 15 is 0 Å². The fourth-order valence-corrected chi connectivity index (χ4v) is 9.06. The van der Waals surface area contributed by atoms with Gasteiger partial charge in [-0.2, -0.15) is 11.8 Å². The molecule has 7 rings (SSSR count). The molecule has 11 nitrogen and oxygen atoms in total. The number of nitrogens with zero attached hydrogens (tertiary/aromatic N) is 2. The summed E-state index contributed by atoms with van der Waals surface area (Å²) < 4.78 is 0. The molecule has 0 spiro atoms. The maximum Gasteiger partial charge on any atom is 0.315 e. The van der Waals surface area contributed by atoms with Gasteiger partial charge < -0.3 is 26.6 Å². The summed E-state index contributed by atoms with van der Waals surface area (Å²) >= 11 is 1.86. The number of fused-ring (bicyclic) bond motifs is 1. The van der Waals surface area contributed by atoms with E-state index in [1.165, 1.54) is 0 Å². The normalized spacial score (nSPS) is 19.6. The molecular formula is C43H47N7O4S. The van der Waals surface area contributed by atoms with Crippen molar-refractivity contribution in [3.63, 3.8) is 0 Å². The number of carbonyl (C=O) groups excluding carboxylic acids is 4. The number of aromatic nitrogens is 1. The van der Waals surface area contributed by atoms with Crippen molar-refractivity contribution in [2.75, 3.05) is 18.8 Å². The average Bonchev–Trinajstić information content (AvgIpc) is 3.97. The predicted octanol–water partition coefficient (Wildman–Crippen LogP) is 4.91. The lowest BCUT2D eigenvalue weighted by Gasteiger charge is -2.20. The first kappa shape index (κ1) is 37.8. The average molecular weight is 758 g/mol. The van der Waals surface area contributed by atoms with Gasteiger partial charge in [0.1, 0.15) is 6.04 Å². The van der Waals surface area contributed by atoms with Crippen molar-refractivity contribution >= 4 is 41.2 Å². The number of thioether (sulfide) groups is 1. The highest BCUT2D eigenvalue weighted by Gasteiger charge is 2.42. The van der Waals surface area contributed by atoms with Crippen LogP contribution in [0.3, 0.4) is 0 Å². The lowest BCUT2D eigenvalue weighted by Crippen LogP contribution is -2.47. The standard InChI is InChI=1S/C43H47N7O4S/c51-39(15-5-4-14-37-40-36(27-55-37)49-43(54)50-40)48-35(24-28-16-18-31(19-17-28)41(52)30-10-2-1-3-11-30)42(53)47-26-29-9-8-12-32(23-29)33(25-38-45-21-22-46-38)34-13-6-7-20-44-34/h1-3,6-13,16-20,23,33,35-37,40H,4-5,14-15,21-22,24-27H2,(H,45,46)(H,47,53)(H,48,51)(H2,49,50,54). The Bertz CT molecular complexity index is 1990. The van der Waals surface area contributed by atoms with E-state index in [1.54, 1.807) is 30.5 Å². The van der Waals surface area contributed by atoms with Gasteiger partial charge in [0.15, 0.2) is 5.78 Å². The molecule has 0 radical (unpaired) electrons. The van der Waals surface area contributed by atoms with E-state index < -0.39 is 6.04 Å². The fourth-order valence-electron chi connectivity index (χ4n) is 7.52. The number of urea groups is 1. The Kier molecular flexibility index (Phi) is 12.5. The molecule has 12 heteroatoms. The van der Waals surface area contributed by atoms with Crippen molar-refractivity contribution in [2.45, 2.75) is 74.4 Å². The van der Waals surface area contributed by atoms with Crippen LogP contribution in [0.25, 0.3) is 0 Å². The van der Waals surface area contributed by atoms with Crippen LogP contribution in [0.1, 0.15) is 76.3 Å². The Balaban J connectivity index is 0.998. The van der Waals surface area contributed by atoms with Crippen molar-refractivity contribution in [1.82, 2.24) is 31.6 Å². The first-order valence-electron chi connectivity index (χ1n) is 19.1. The number of aliphatic imine (C=N–C) groups is 1. The molecule has 0 saturated carbocycles. The van der Waals surface area contributed by atoms with Crippen molar-refractivity contribution in [3.05, 3.63) is 137 Å². The van der Waals surface area contributed by atoms with Crippen molar-refractivity contribution in [3.8, 4) is 0 Å². The van der Waals surface area contributed by atoms with Crippen molar-refractivity contribution in [2.24, 2.45) is 4.99 Å². The van der Waals surface area contributed by atoms with Crippen LogP contribution in [0.2, 0.25) is 0 Å². The number of ketones is 1. The summed E-state index contributed by atoms with van der Waals surface area (Å²) in [6.07, 6.45) is 5.49. The van der Waals surface area contributed by atoms with Gasteiger partial charge >= 0.3 is 6.03 Å². The minimum absolute atomic E-state index is 0.00717. The fraction of sp³-hybridized carbons (Fsp3) is 0.349. The van der Waals surface area contributed by atoms with Crippen LogP contribution in [-0.4, -0.2) is 76.7 Å². The van der Waals surface area contributed by atoms with Gasteiger partial charge in [0, 0.05) is 72.3 Å². The summed E-state index contributed by atoms with van der Waals surface area (Å²) in [4.78, 5) is 61.2. The van der Waals surface area contributed by atoms with E-state index in [0.717, 1.165) is 59.9 Å². The number of pyridine rings is 1. The smallest absolute Gasteiger partial charge is 0.315 e. The third-order valence-corrected chi connectivity index (χ3v) is 11.9. The second-order valence-corrected chi connectivity index (χ2v) is 15.6. The van der Waals surface area contributed by atoms with Gasteiger partial charge in [-0.3, -0.25) is 24.4 Å². The molecule has 55 heavy (non-hydrogen) atoms. The Hall–Kier alpha value is -5.49. The lowest BCUT2D eigenvalue weighted by molar-refractivity contribution is -0.129. The van der Waals surface area contributed by atoms with Gasteiger partial charge in [-0.1, -0.05) is 91.3 Å². The van der Waals surface area contributed by atoms with Gasteiger partial charge in [0.05, 0.1) is 24.5 Å². The van der Waals surface area contributed by atoms with Crippen LogP contribution in [0, 0.1) is 0 Å². The van der Waals surface area contributed by atoms with Crippen LogP contribution < -0.4 is 26.6 Å². The first-order valence-corrected chi connectivity index (χ1v) is 20.2. The Morgan fingerprint density at radius 1 is 0.855 bits per heavy atom. The molecule has 3 aliphatic rings. The molecule has 284 valence electrons. The van der Waals surface area contributed by atoms with E-state index in [0.29, 0.717) is 35.6 Å².